The predicted molar refractivity (Wildman–Crippen MR) is 142 cm³/mol. The Morgan fingerprint density at radius 2 is 1.86 bits per heavy atom. The molecular weight excluding hydrogens is 468 g/mol. The van der Waals surface area contributed by atoms with Gasteiger partial charge < -0.3 is 25.1 Å². The average molecular weight is 497 g/mol. The number of nitrogens with zero attached hydrogens (tertiary/aromatic N) is 1. The average Bonchev–Trinajstić information content (AvgIpc) is 3.29. The number of hydrogen-bond donors (Lipinski definition) is 3. The molecule has 0 atom stereocenters. The maximum Gasteiger partial charge on any atom is 0.251 e. The number of ether oxygens (including phenoxy) is 2. The van der Waals surface area contributed by atoms with E-state index < -0.39 is 0 Å². The third-order valence-electron chi connectivity index (χ3n) is 6.21. The quantitative estimate of drug-likeness (QED) is 0.282. The number of amides is 1. The zero-order chi connectivity index (χ0) is 25.6. The summed E-state index contributed by atoms with van der Waals surface area (Å²) in [7, 11) is 1.61. The van der Waals surface area contributed by atoms with E-state index in [0.717, 1.165) is 52.5 Å². The Hall–Kier alpha value is -4.43. The van der Waals surface area contributed by atoms with Gasteiger partial charge in [0.05, 0.1) is 30.7 Å². The number of methoxy groups -OCH3 is 1. The summed E-state index contributed by atoms with van der Waals surface area (Å²) in [5, 5.41) is 6.23. The molecule has 0 saturated heterocycles. The van der Waals surface area contributed by atoms with Crippen LogP contribution in [-0.4, -0.2) is 35.4 Å². The van der Waals surface area contributed by atoms with Gasteiger partial charge in [0.25, 0.3) is 5.91 Å². The number of anilines is 3. The first-order valence-electron chi connectivity index (χ1n) is 12.2. The topological polar surface area (TPSA) is 105 Å². The number of fused-ring (bicyclic) bond motifs is 1. The number of rotatable bonds is 9. The number of carbonyl (C=O) groups is 2. The second kappa shape index (κ2) is 11.1. The van der Waals surface area contributed by atoms with Gasteiger partial charge in [0.2, 0.25) is 0 Å². The van der Waals surface area contributed by atoms with E-state index in [1.807, 2.05) is 60.7 Å². The number of nitrogens with one attached hydrogen (secondary N) is 3. The summed E-state index contributed by atoms with van der Waals surface area (Å²) in [6.45, 7) is 0.200. The zero-order valence-electron chi connectivity index (χ0n) is 20.5. The fraction of sp³-hybridized carbons (Fsp3) is 0.207. The first-order valence-corrected chi connectivity index (χ1v) is 12.2. The number of aromatic nitrogens is 2. The van der Waals surface area contributed by atoms with E-state index in [0.29, 0.717) is 24.4 Å². The maximum atomic E-state index is 12.8. The molecule has 0 fully saturated rings. The SMILES string of the molecule is COc1ccc(COCC(=O)Nc2cc(-c3[nH]c4c(c3Nc3ccccc3)C(=O)CCC4)ccn2)cc1. The summed E-state index contributed by atoms with van der Waals surface area (Å²) in [5.41, 5.74) is 5.82. The molecule has 2 aromatic carbocycles. The number of ketones is 1. The first kappa shape index (κ1) is 24.3. The van der Waals surface area contributed by atoms with Gasteiger partial charge in [-0.05, 0) is 54.8 Å². The van der Waals surface area contributed by atoms with Crippen molar-refractivity contribution in [1.82, 2.24) is 9.97 Å². The van der Waals surface area contributed by atoms with E-state index in [9.17, 15) is 9.59 Å². The molecule has 0 radical (unpaired) electrons. The number of pyridine rings is 1. The Morgan fingerprint density at radius 1 is 1.05 bits per heavy atom. The molecule has 0 bridgehead atoms. The van der Waals surface area contributed by atoms with Crippen LogP contribution >= 0.6 is 0 Å². The number of benzene rings is 2. The van der Waals surface area contributed by atoms with Gasteiger partial charge in [0.1, 0.15) is 18.2 Å². The summed E-state index contributed by atoms with van der Waals surface area (Å²) in [4.78, 5) is 33.1. The smallest absolute Gasteiger partial charge is 0.251 e. The molecule has 3 N–H and O–H groups in total. The Morgan fingerprint density at radius 3 is 2.65 bits per heavy atom. The van der Waals surface area contributed by atoms with Crippen LogP contribution in [0.15, 0.2) is 72.9 Å². The van der Waals surface area contributed by atoms with Gasteiger partial charge in [-0.3, -0.25) is 9.59 Å². The van der Waals surface area contributed by atoms with E-state index in [-0.39, 0.29) is 18.3 Å². The molecule has 8 nitrogen and oxygen atoms in total. The lowest BCUT2D eigenvalue weighted by molar-refractivity contribution is -0.121. The number of H-pyrrole nitrogens is 1. The number of aromatic amines is 1. The molecule has 0 saturated carbocycles. The number of para-hydroxylation sites is 1. The van der Waals surface area contributed by atoms with Crippen molar-refractivity contribution >= 4 is 28.9 Å². The summed E-state index contributed by atoms with van der Waals surface area (Å²) in [5.74, 6) is 0.988. The minimum absolute atomic E-state index is 0.107. The Balaban J connectivity index is 1.31. The zero-order valence-corrected chi connectivity index (χ0v) is 20.5. The van der Waals surface area contributed by atoms with Crippen molar-refractivity contribution in [3.8, 4) is 17.0 Å². The van der Waals surface area contributed by atoms with E-state index in [1.165, 1.54) is 0 Å². The van der Waals surface area contributed by atoms with Gasteiger partial charge in [-0.1, -0.05) is 30.3 Å². The van der Waals surface area contributed by atoms with Crippen LogP contribution in [-0.2, 0) is 22.6 Å². The molecule has 2 heterocycles. The highest BCUT2D eigenvalue weighted by Crippen LogP contribution is 2.39. The lowest BCUT2D eigenvalue weighted by Gasteiger charge is -2.14. The largest absolute Gasteiger partial charge is 0.497 e. The molecule has 37 heavy (non-hydrogen) atoms. The van der Waals surface area contributed by atoms with E-state index in [4.69, 9.17) is 9.47 Å². The van der Waals surface area contributed by atoms with Crippen LogP contribution in [0.5, 0.6) is 5.75 Å². The minimum atomic E-state index is -0.304. The summed E-state index contributed by atoms with van der Waals surface area (Å²) in [6, 6.07) is 20.9. The van der Waals surface area contributed by atoms with E-state index in [2.05, 4.69) is 20.6 Å². The third-order valence-corrected chi connectivity index (χ3v) is 6.21. The standard InChI is InChI=1S/C29H28N4O4/c1-36-22-12-10-19(11-13-22)17-37-18-26(35)33-25-16-20(14-15-30-25)28-29(31-21-6-3-2-4-7-21)27-23(32-28)8-5-9-24(27)34/h2-4,6-7,10-16,31-32H,5,8-9,17-18H2,1H3,(H,30,33,35). The van der Waals surface area contributed by atoms with Crippen LogP contribution in [0.3, 0.4) is 0 Å². The monoisotopic (exact) mass is 496 g/mol. The second-order valence-electron chi connectivity index (χ2n) is 8.82. The van der Waals surface area contributed by atoms with Crippen LogP contribution < -0.4 is 15.4 Å². The van der Waals surface area contributed by atoms with Gasteiger partial charge in [-0.25, -0.2) is 4.98 Å². The molecule has 8 heteroatoms. The summed E-state index contributed by atoms with van der Waals surface area (Å²) < 4.78 is 10.7. The summed E-state index contributed by atoms with van der Waals surface area (Å²) >= 11 is 0. The molecular formula is C29H28N4O4. The van der Waals surface area contributed by atoms with Crippen molar-refractivity contribution in [2.45, 2.75) is 25.9 Å². The van der Waals surface area contributed by atoms with Gasteiger partial charge in [-0.2, -0.15) is 0 Å². The summed E-state index contributed by atoms with van der Waals surface area (Å²) in [6.07, 6.45) is 3.80. The molecule has 0 unspecified atom stereocenters. The third kappa shape index (κ3) is 5.70. The lowest BCUT2D eigenvalue weighted by atomic mass is 9.95. The van der Waals surface area contributed by atoms with Crippen LogP contribution in [0.2, 0.25) is 0 Å². The molecule has 0 spiro atoms. The van der Waals surface area contributed by atoms with Gasteiger partial charge >= 0.3 is 0 Å². The van der Waals surface area contributed by atoms with Crippen molar-refractivity contribution in [1.29, 1.82) is 0 Å². The number of aryl methyl sites for hydroxylation is 1. The van der Waals surface area contributed by atoms with Crippen molar-refractivity contribution in [2.24, 2.45) is 0 Å². The van der Waals surface area contributed by atoms with Crippen molar-refractivity contribution in [3.63, 3.8) is 0 Å². The fourth-order valence-corrected chi connectivity index (χ4v) is 4.42. The maximum absolute atomic E-state index is 12.8. The number of hydrogen-bond acceptors (Lipinski definition) is 6. The predicted octanol–water partition coefficient (Wildman–Crippen LogP) is 5.50. The molecule has 5 rings (SSSR count). The fourth-order valence-electron chi connectivity index (χ4n) is 4.42. The second-order valence-corrected chi connectivity index (χ2v) is 8.82. The van der Waals surface area contributed by atoms with Crippen LogP contribution in [0.1, 0.15) is 34.5 Å². The molecule has 4 aromatic rings. The highest BCUT2D eigenvalue weighted by atomic mass is 16.5. The molecule has 188 valence electrons. The lowest BCUT2D eigenvalue weighted by Crippen LogP contribution is -2.18. The van der Waals surface area contributed by atoms with Crippen molar-refractivity contribution in [2.75, 3.05) is 24.4 Å². The Labute approximate surface area is 215 Å². The van der Waals surface area contributed by atoms with E-state index in [1.54, 1.807) is 19.4 Å². The molecule has 1 aliphatic carbocycles. The molecule has 2 aromatic heterocycles. The number of Topliss-reactive ketones (excluding diaryl/α,β-unsaturated/α-hetero) is 1. The van der Waals surface area contributed by atoms with Gasteiger partial charge in [0.15, 0.2) is 5.78 Å². The minimum Gasteiger partial charge on any atom is -0.497 e. The Kier molecular flexibility index (Phi) is 7.28. The molecule has 1 amide bonds. The highest BCUT2D eigenvalue weighted by Gasteiger charge is 2.27. The highest BCUT2D eigenvalue weighted by molar-refractivity contribution is 6.07. The van der Waals surface area contributed by atoms with Crippen molar-refractivity contribution < 1.29 is 19.1 Å². The number of carbonyl (C=O) groups excluding carboxylic acids is 2. The normalized spacial score (nSPS) is 12.6. The molecule has 0 aliphatic heterocycles. The van der Waals surface area contributed by atoms with Gasteiger partial charge in [-0.15, -0.1) is 0 Å². The van der Waals surface area contributed by atoms with E-state index >= 15 is 0 Å². The van der Waals surface area contributed by atoms with Crippen LogP contribution in [0.4, 0.5) is 17.2 Å². The van der Waals surface area contributed by atoms with Crippen LogP contribution in [0, 0.1) is 0 Å². The van der Waals surface area contributed by atoms with Crippen LogP contribution in [0.25, 0.3) is 11.3 Å². The van der Waals surface area contributed by atoms with Gasteiger partial charge in [0, 0.05) is 29.6 Å². The molecule has 1 aliphatic rings. The first-order chi connectivity index (χ1) is 18.1. The Bertz CT molecular complexity index is 1400. The van der Waals surface area contributed by atoms with Crippen molar-refractivity contribution in [3.05, 3.63) is 89.7 Å².